The van der Waals surface area contributed by atoms with Gasteiger partial charge in [-0.25, -0.2) is 53.5 Å². The Hall–Kier alpha value is -0.530. The second-order valence-corrected chi connectivity index (χ2v) is 22.5. The fraction of sp³-hybridized carbons (Fsp3) is 0.970. The fourth-order valence-corrected chi connectivity index (χ4v) is 0.447. The molecule has 30 nitrogen and oxygen atoms in total. The number of ketones is 1. The molecule has 38 heteroatoms. The van der Waals surface area contributed by atoms with Crippen molar-refractivity contribution < 1.29 is 87.4 Å². The molecule has 0 saturated carbocycles. The summed E-state index contributed by atoms with van der Waals surface area (Å²) in [5.41, 5.74) is 27.0. The highest BCUT2D eigenvalue weighted by atomic mass is 32.2. The van der Waals surface area contributed by atoms with Gasteiger partial charge in [-0.2, -0.15) is 16.8 Å². The number of primary sulfonamides is 2. The molecular weight excluding hydrogens is 1110 g/mol. The standard InChI is InChI=1S/C3H9O2P.C3H6O.C2H7NO3S.C2H7N.2C2H6O3S.C2H6O2S.C2H6OS.C2H6O.2C2H6.2CH5NO2S.6CH5N.CH4/c1-4-5-6(2)3;1-3(2)4;1-3(4)7(2,5)6;1-3-2;2*1-5-6(2,3)4;1-5(2,3)4;1-3-4-2;1-3-2;2*1-2;2*1-5(2,3)4;6*1-2;/h1-3H3;1-2H3;4H,1-2H3;3H,1-2H3;2*1-2H3;1-2H3;1-2H3;1-2H3;2*1-2H3;2*1H3,(H2,2,3,4);6*2H2,1H3;1H4. The molecule has 0 heterocycles. The second-order valence-electron chi connectivity index (χ2n) is 8.94. The molecule has 0 aliphatic heterocycles. The van der Waals surface area contributed by atoms with Gasteiger partial charge in [-0.3, -0.25) is 13.6 Å². The van der Waals surface area contributed by atoms with Crippen LogP contribution in [0.15, 0.2) is 0 Å². The topological polar surface area (TPSA) is 521 Å². The van der Waals surface area contributed by atoms with Crippen LogP contribution < -0.4 is 50.0 Å². The SMILES string of the molecule is C.CC.CC.CC(C)=O.CN.CN.CN.CN.CN.CN.CN(O)S(C)(=O)=O.CNC.COC.COOP(C)C.COS(C)(=O)=O.COS(C)(=O)=O.COSC.CS(C)(=O)=O.CS(N)(=O)=O.CS(N)(=O)=O. The van der Waals surface area contributed by atoms with Gasteiger partial charge in [-0.15, -0.1) is 0 Å². The number of carbonyl (C=O) groups is 1. The predicted octanol–water partition coefficient (Wildman–Crippen LogP) is -1.11. The molecule has 0 aliphatic carbocycles. The Balaban J connectivity index is -0.0000000218. The van der Waals surface area contributed by atoms with Crippen LogP contribution in [0.4, 0.5) is 0 Å². The van der Waals surface area contributed by atoms with Crippen LogP contribution >= 0.6 is 20.2 Å². The molecule has 0 saturated heterocycles. The van der Waals surface area contributed by atoms with Crippen molar-refractivity contribution in [1.29, 1.82) is 0 Å². The zero-order valence-electron chi connectivity index (χ0n) is 48.6. The quantitative estimate of drug-likeness (QED) is 0.0495. The van der Waals surface area contributed by atoms with E-state index < -0.39 is 60.1 Å². The van der Waals surface area contributed by atoms with Gasteiger partial charge in [0.05, 0.1) is 67.9 Å². The number of methoxy groups -OCH3 is 1. The molecule has 18 N–H and O–H groups in total. The average molecular weight is 1230 g/mol. The summed E-state index contributed by atoms with van der Waals surface area (Å²) in [5, 5.41) is 19.5. The van der Waals surface area contributed by atoms with Crippen LogP contribution in [0.5, 0.6) is 0 Å². The monoisotopic (exact) mass is 1230 g/mol. The van der Waals surface area contributed by atoms with Crippen LogP contribution in [-0.4, -0.2) is 235 Å². The Morgan fingerprint density at radius 1 is 0.549 bits per heavy atom. The van der Waals surface area contributed by atoms with Gasteiger partial charge >= 0.3 is 0 Å². The van der Waals surface area contributed by atoms with E-state index in [1.165, 1.54) is 75.3 Å². The average Bonchev–Trinajstić information content (AvgIpc) is 3.22. The van der Waals surface area contributed by atoms with Gasteiger partial charge in [0, 0.05) is 40.0 Å². The summed E-state index contributed by atoms with van der Waals surface area (Å²) in [6.07, 6.45) is 8.97. The van der Waals surface area contributed by atoms with Crippen LogP contribution in [0.1, 0.15) is 49.0 Å². The summed E-state index contributed by atoms with van der Waals surface area (Å²) in [5.74, 6) is 0.167. The summed E-state index contributed by atoms with van der Waals surface area (Å²) >= 11 is 1.36. The molecule has 0 rings (SSSR count). The molecule has 0 aromatic heterocycles. The van der Waals surface area contributed by atoms with Crippen LogP contribution in [0.25, 0.3) is 0 Å². The lowest BCUT2D eigenvalue weighted by Crippen LogP contribution is -2.20. The lowest BCUT2D eigenvalue weighted by molar-refractivity contribution is -0.168. The normalized spacial score (nSPS) is 8.48. The van der Waals surface area contributed by atoms with Crippen LogP contribution in [0.3, 0.4) is 0 Å². The van der Waals surface area contributed by atoms with Crippen LogP contribution in [0, 0.1) is 0 Å². The highest BCUT2D eigenvalue weighted by Crippen LogP contribution is 2.24. The van der Waals surface area contributed by atoms with Gasteiger partial charge in [0.25, 0.3) is 20.2 Å². The zero-order valence-corrected chi connectivity index (χ0v) is 55.2. The third-order valence-electron chi connectivity index (χ3n) is 1.48. The number of sulfone groups is 1. The number of hydrogen-bond acceptors (Lipinski definition) is 28. The van der Waals surface area contributed by atoms with E-state index in [-0.39, 0.29) is 25.8 Å². The Labute approximate surface area is 444 Å². The van der Waals surface area contributed by atoms with E-state index in [1.54, 1.807) is 21.3 Å². The van der Waals surface area contributed by atoms with Gasteiger partial charge in [-0.1, -0.05) is 39.6 Å². The maximum atomic E-state index is 10.0. The summed E-state index contributed by atoms with van der Waals surface area (Å²) in [7, 11) is 3.45. The van der Waals surface area contributed by atoms with Crippen molar-refractivity contribution in [3.8, 4) is 0 Å². The van der Waals surface area contributed by atoms with Gasteiger partial charge in [0.1, 0.15) is 15.6 Å². The molecule has 0 fully saturated rings. The largest absolute Gasteiger partial charge is 0.388 e. The van der Waals surface area contributed by atoms with E-state index in [0.29, 0.717) is 0 Å². The van der Waals surface area contributed by atoms with Crippen LogP contribution in [0.2, 0.25) is 0 Å². The summed E-state index contributed by atoms with van der Waals surface area (Å²) in [6, 6.07) is 0. The van der Waals surface area contributed by atoms with Crippen molar-refractivity contribution in [3.05, 3.63) is 0 Å². The molecule has 0 bridgehead atoms. The Kier molecular flexibility index (Phi) is 222. The summed E-state index contributed by atoms with van der Waals surface area (Å²) in [4.78, 5) is 13.8. The van der Waals surface area contributed by atoms with E-state index in [9.17, 15) is 55.3 Å². The number of carbonyl (C=O) groups excluding carboxylic acids is 1. The van der Waals surface area contributed by atoms with E-state index in [4.69, 9.17) is 5.21 Å². The molecule has 0 aliphatic rings. The Morgan fingerprint density at radius 3 is 0.634 bits per heavy atom. The molecular formula is C33H115N10O20PS7. The smallest absolute Gasteiger partial charge is 0.264 e. The maximum absolute atomic E-state index is 10.0. The molecule has 0 aromatic carbocycles. The molecule has 0 radical (unpaired) electrons. The molecule has 464 valence electrons. The predicted molar refractivity (Wildman–Crippen MR) is 309 cm³/mol. The number of hydroxylamine groups is 1. The van der Waals surface area contributed by atoms with Gasteiger partial charge in [-0.05, 0) is 95.6 Å². The summed E-state index contributed by atoms with van der Waals surface area (Å²) in [6.45, 7) is 15.0. The third kappa shape index (κ3) is 1320. The van der Waals surface area contributed by atoms with E-state index in [2.05, 4.69) is 76.8 Å². The van der Waals surface area contributed by atoms with Crippen molar-refractivity contribution in [3.63, 3.8) is 0 Å². The first kappa shape index (κ1) is 134. The molecule has 0 amide bonds. The van der Waals surface area contributed by atoms with E-state index in [1.807, 2.05) is 61.4 Å². The molecule has 0 aromatic rings. The highest BCUT2D eigenvalue weighted by Gasteiger charge is 2.03. The number of Topliss-reactive ketones (excluding diaryl/α,β-unsaturated/α-hetero) is 1. The first-order valence-electron chi connectivity index (χ1n) is 18.4. The zero-order chi connectivity index (χ0) is 63.4. The van der Waals surface area contributed by atoms with Crippen molar-refractivity contribution >= 4 is 86.1 Å². The Bertz CT molecular complexity index is 1320. The van der Waals surface area contributed by atoms with Gasteiger partial charge in [0.2, 0.25) is 30.1 Å². The number of rotatable bonds is 6. The first-order chi connectivity index (χ1) is 31.3. The van der Waals surface area contributed by atoms with E-state index in [0.717, 1.165) is 65.1 Å². The Morgan fingerprint density at radius 2 is 0.634 bits per heavy atom. The van der Waals surface area contributed by atoms with Crippen LogP contribution in [-0.2, 0) is 91.8 Å². The van der Waals surface area contributed by atoms with Crippen molar-refractivity contribution in [2.75, 3.05) is 169 Å². The second kappa shape index (κ2) is 118. The first-order valence-corrected chi connectivity index (χ1v) is 33.4. The number of ether oxygens (including phenoxy) is 1. The van der Waals surface area contributed by atoms with Crippen molar-refractivity contribution in [2.45, 2.75) is 49.0 Å². The van der Waals surface area contributed by atoms with Crippen molar-refractivity contribution in [2.24, 2.45) is 44.7 Å². The van der Waals surface area contributed by atoms with Gasteiger partial charge < -0.3 is 53.4 Å². The summed E-state index contributed by atoms with van der Waals surface area (Å²) < 4.78 is 137. The minimum absolute atomic E-state index is 0. The minimum atomic E-state index is -3.35. The third-order valence-corrected chi connectivity index (χ3v) is 4.43. The molecule has 0 atom stereocenters. The number of nitrogens with zero attached hydrogens (tertiary/aromatic N) is 1. The number of hydrogen-bond donors (Lipinski definition) is 10. The lowest BCUT2D eigenvalue weighted by Gasteiger charge is -2.00. The number of nitrogens with two attached hydrogens (primary N) is 8. The fourth-order valence-electron chi connectivity index (χ4n) is 0.149. The molecule has 0 spiro atoms. The minimum Gasteiger partial charge on any atom is -0.388 e. The number of sulfonamides is 3. The highest BCUT2D eigenvalue weighted by molar-refractivity contribution is 7.93. The molecule has 71 heavy (non-hydrogen) atoms. The maximum Gasteiger partial charge on any atom is 0.264 e. The lowest BCUT2D eigenvalue weighted by atomic mass is 10.6. The molecule has 0 unspecified atom stereocenters. The van der Waals surface area contributed by atoms with Crippen molar-refractivity contribution in [1.82, 2.24) is 9.79 Å². The van der Waals surface area contributed by atoms with E-state index >= 15 is 0 Å². The van der Waals surface area contributed by atoms with Gasteiger partial charge in [0.15, 0.2) is 0 Å². The number of nitrogens with one attached hydrogen (secondary N) is 1.